The third-order valence-electron chi connectivity index (χ3n) is 1.37. The fourth-order valence-corrected chi connectivity index (χ4v) is 0.818. The molecule has 0 spiro atoms. The summed E-state index contributed by atoms with van der Waals surface area (Å²) in [5, 5.41) is 8.44. The van der Waals surface area contributed by atoms with Gasteiger partial charge in [-0.15, -0.1) is 0 Å². The Kier molecular flexibility index (Phi) is 18.0. The molecule has 0 aliphatic heterocycles. The van der Waals surface area contributed by atoms with Gasteiger partial charge in [0.2, 0.25) is 5.39 Å². The fourth-order valence-electron chi connectivity index (χ4n) is 0.818. The molecule has 1 aromatic rings. The Hall–Kier alpha value is -0.357. The number of halogens is 2. The molecule has 0 amide bonds. The van der Waals surface area contributed by atoms with Crippen LogP contribution in [-0.4, -0.2) is 0 Å². The molecule has 0 atom stereocenters. The summed E-state index contributed by atoms with van der Waals surface area (Å²) >= 11 is 0. The molecule has 0 radical (unpaired) electrons. The van der Waals surface area contributed by atoms with Crippen LogP contribution in [0, 0.1) is 19.7 Å². The Labute approximate surface area is 110 Å². The minimum atomic E-state index is 0. The first-order chi connectivity index (χ1) is 4.75. The predicted octanol–water partition coefficient (Wildman–Crippen LogP) is -3.48. The van der Waals surface area contributed by atoms with Crippen LogP contribution >= 0.6 is 0 Å². The van der Waals surface area contributed by atoms with Gasteiger partial charge in [-0.05, 0) is 13.0 Å². The third kappa shape index (κ3) is 5.39. The fraction of sp³-hybridized carbons (Fsp3) is 0.125. The summed E-state index contributed by atoms with van der Waals surface area (Å²) in [5.74, 6) is 0. The Balaban J connectivity index is -0.000000125. The van der Waals surface area contributed by atoms with E-state index in [1.165, 1.54) is 0 Å². The zero-order chi connectivity index (χ0) is 7.56. The van der Waals surface area contributed by atoms with Crippen molar-refractivity contribution in [3.8, 4) is 0 Å². The number of anilines is 1. The predicted molar refractivity (Wildman–Crippen MR) is 46.7 cm³/mol. The molecule has 0 saturated heterocycles. The SMILES string of the molecule is Cc1cccc(N)c1[N+]#N.[CH3-].[Cl-].[Cl-].[Zn+2]. The van der Waals surface area contributed by atoms with Crippen LogP contribution in [0.1, 0.15) is 5.56 Å². The molecule has 0 aliphatic carbocycles. The van der Waals surface area contributed by atoms with Crippen molar-refractivity contribution in [1.29, 1.82) is 5.39 Å². The summed E-state index contributed by atoms with van der Waals surface area (Å²) in [6.07, 6.45) is 0. The average molecular weight is 285 g/mol. The number of nitrogens with zero attached hydrogens (tertiary/aromatic N) is 2. The maximum absolute atomic E-state index is 8.44. The Bertz CT molecular complexity index is 279. The number of hydrogen-bond acceptors (Lipinski definition) is 2. The normalized spacial score (nSPS) is 6.29. The van der Waals surface area contributed by atoms with Gasteiger partial charge in [0, 0.05) is 5.56 Å². The number of diazo groups is 1. The molecule has 2 N–H and O–H groups in total. The van der Waals surface area contributed by atoms with Crippen LogP contribution < -0.4 is 30.5 Å². The molecule has 1 rings (SSSR count). The van der Waals surface area contributed by atoms with Crippen molar-refractivity contribution >= 4 is 11.4 Å². The van der Waals surface area contributed by atoms with E-state index in [2.05, 4.69) is 4.98 Å². The van der Waals surface area contributed by atoms with Crippen molar-refractivity contribution in [2.75, 3.05) is 5.73 Å². The monoisotopic (exact) mass is 283 g/mol. The van der Waals surface area contributed by atoms with Crippen LogP contribution in [0.2, 0.25) is 0 Å². The van der Waals surface area contributed by atoms with Gasteiger partial charge in [0.05, 0.1) is 0 Å². The van der Waals surface area contributed by atoms with Crippen molar-refractivity contribution in [1.82, 2.24) is 0 Å². The van der Waals surface area contributed by atoms with Crippen molar-refractivity contribution in [3.05, 3.63) is 36.2 Å². The summed E-state index contributed by atoms with van der Waals surface area (Å²) < 4.78 is 0. The first-order valence-electron chi connectivity index (χ1n) is 2.96. The first-order valence-corrected chi connectivity index (χ1v) is 2.96. The first kappa shape index (κ1) is 23.5. The van der Waals surface area contributed by atoms with E-state index in [4.69, 9.17) is 11.1 Å². The van der Waals surface area contributed by atoms with E-state index in [1.807, 2.05) is 19.1 Å². The van der Waals surface area contributed by atoms with Crippen LogP contribution in [0.5, 0.6) is 0 Å². The molecule has 0 aromatic heterocycles. The van der Waals surface area contributed by atoms with E-state index < -0.39 is 0 Å². The van der Waals surface area contributed by atoms with Gasteiger partial charge < -0.3 is 38.0 Å². The maximum atomic E-state index is 8.44. The summed E-state index contributed by atoms with van der Waals surface area (Å²) in [7, 11) is 0. The van der Waals surface area contributed by atoms with Gasteiger partial charge in [-0.3, -0.25) is 0 Å². The molecule has 0 fully saturated rings. The summed E-state index contributed by atoms with van der Waals surface area (Å²) in [4.78, 5) is 3.04. The summed E-state index contributed by atoms with van der Waals surface area (Å²) in [6, 6.07) is 5.35. The van der Waals surface area contributed by atoms with Gasteiger partial charge in [0.1, 0.15) is 5.69 Å². The van der Waals surface area contributed by atoms with Crippen LogP contribution in [-0.2, 0) is 19.5 Å². The summed E-state index contributed by atoms with van der Waals surface area (Å²) in [5.41, 5.74) is 7.32. The zero-order valence-electron chi connectivity index (χ0n) is 8.17. The topological polar surface area (TPSA) is 54.2 Å². The number of hydrogen-bond donors (Lipinski definition) is 1. The summed E-state index contributed by atoms with van der Waals surface area (Å²) in [6.45, 7) is 1.84. The molecule has 74 valence electrons. The van der Waals surface area contributed by atoms with Crippen molar-refractivity contribution in [2.45, 2.75) is 6.92 Å². The second kappa shape index (κ2) is 10.7. The van der Waals surface area contributed by atoms with E-state index in [1.54, 1.807) is 6.07 Å². The molecule has 0 unspecified atom stereocenters. The molecule has 0 aliphatic rings. The zero-order valence-corrected chi connectivity index (χ0v) is 12.6. The molecule has 6 heteroatoms. The second-order valence-corrected chi connectivity index (χ2v) is 2.11. The minimum absolute atomic E-state index is 0. The number of benzene rings is 1. The second-order valence-electron chi connectivity index (χ2n) is 2.11. The van der Waals surface area contributed by atoms with E-state index >= 15 is 0 Å². The number of rotatable bonds is 0. The smallest absolute Gasteiger partial charge is 1.00 e. The van der Waals surface area contributed by atoms with Gasteiger partial charge in [0.15, 0.2) is 4.98 Å². The third-order valence-corrected chi connectivity index (χ3v) is 1.37. The van der Waals surface area contributed by atoms with E-state index in [0.29, 0.717) is 11.4 Å². The number of nitrogen functional groups attached to an aromatic ring is 1. The van der Waals surface area contributed by atoms with Crippen LogP contribution in [0.3, 0.4) is 0 Å². The van der Waals surface area contributed by atoms with Crippen LogP contribution in [0.15, 0.2) is 18.2 Å². The Morgan fingerprint density at radius 3 is 2.07 bits per heavy atom. The molecule has 3 nitrogen and oxygen atoms in total. The number of nitrogens with two attached hydrogens (primary N) is 1. The van der Waals surface area contributed by atoms with Gasteiger partial charge in [-0.2, -0.15) is 0 Å². The Morgan fingerprint density at radius 2 is 1.79 bits per heavy atom. The van der Waals surface area contributed by atoms with Gasteiger partial charge in [-0.25, -0.2) is 0 Å². The molecule has 0 bridgehead atoms. The van der Waals surface area contributed by atoms with Crippen molar-refractivity contribution in [3.63, 3.8) is 0 Å². The van der Waals surface area contributed by atoms with Gasteiger partial charge in [-0.1, -0.05) is 12.1 Å². The van der Waals surface area contributed by atoms with Crippen molar-refractivity contribution in [2.24, 2.45) is 0 Å². The van der Waals surface area contributed by atoms with Gasteiger partial charge in [0.25, 0.3) is 0 Å². The van der Waals surface area contributed by atoms with Crippen molar-refractivity contribution < 1.29 is 44.3 Å². The molecule has 1 aromatic carbocycles. The van der Waals surface area contributed by atoms with Crippen LogP contribution in [0.4, 0.5) is 11.4 Å². The largest absolute Gasteiger partial charge is 2.00 e. The standard InChI is InChI=1S/C7H8N3.CH3.2ClH.Zn/c1-5-3-2-4-6(8)7(5)10-9;;;;/h2-4H,8H2,1H3;1H3;2*1H;/q+1;-1;;;+2/p-2. The van der Waals surface area contributed by atoms with E-state index in [0.717, 1.165) is 5.56 Å². The molecular weight excluding hydrogens is 274 g/mol. The Morgan fingerprint density at radius 1 is 1.29 bits per heavy atom. The number of aryl methyl sites for hydroxylation is 1. The molecule has 14 heavy (non-hydrogen) atoms. The average Bonchev–Trinajstić information content (AvgIpc) is 1.88. The molecule has 0 heterocycles. The van der Waals surface area contributed by atoms with Gasteiger partial charge >= 0.3 is 25.2 Å². The maximum Gasteiger partial charge on any atom is 2.00 e. The van der Waals surface area contributed by atoms with E-state index in [9.17, 15) is 0 Å². The van der Waals surface area contributed by atoms with E-state index in [-0.39, 0.29) is 51.7 Å². The quantitative estimate of drug-likeness (QED) is 0.233. The van der Waals surface area contributed by atoms with Crippen LogP contribution in [0.25, 0.3) is 4.98 Å². The minimum Gasteiger partial charge on any atom is -1.00 e. The molecular formula is C8H11Cl2N3Zn. The molecule has 0 saturated carbocycles.